The van der Waals surface area contributed by atoms with Crippen LogP contribution in [0.25, 0.3) is 0 Å². The average Bonchev–Trinajstić information content (AvgIpc) is 2.25. The Balaban J connectivity index is 2.48. The van der Waals surface area contributed by atoms with Crippen LogP contribution in [0.1, 0.15) is 40.0 Å². The van der Waals surface area contributed by atoms with E-state index in [-0.39, 0.29) is 6.04 Å². The normalized spacial score (nSPS) is 23.9. The first-order valence-electron chi connectivity index (χ1n) is 6.56. The molecular formula is C13H25NO2S. The van der Waals surface area contributed by atoms with Crippen molar-refractivity contribution in [3.8, 4) is 0 Å². The standard InChI is InChI=1S/C13H25NO2S/c1-10(2)4-5-11(3)14-6-7-17-9-12(14)8-13(15)16/h10-12H,4-9H2,1-3H3,(H,15,16). The molecule has 0 aromatic carbocycles. The summed E-state index contributed by atoms with van der Waals surface area (Å²) in [7, 11) is 0. The van der Waals surface area contributed by atoms with Crippen molar-refractivity contribution in [1.29, 1.82) is 0 Å². The van der Waals surface area contributed by atoms with E-state index in [9.17, 15) is 4.79 Å². The highest BCUT2D eigenvalue weighted by molar-refractivity contribution is 7.99. The van der Waals surface area contributed by atoms with Gasteiger partial charge in [-0.2, -0.15) is 11.8 Å². The Kier molecular flexibility index (Phi) is 6.34. The van der Waals surface area contributed by atoms with Crippen molar-refractivity contribution in [2.45, 2.75) is 52.1 Å². The highest BCUT2D eigenvalue weighted by Crippen LogP contribution is 2.23. The van der Waals surface area contributed by atoms with E-state index in [2.05, 4.69) is 25.7 Å². The van der Waals surface area contributed by atoms with Crippen molar-refractivity contribution in [2.24, 2.45) is 5.92 Å². The molecule has 1 aliphatic heterocycles. The van der Waals surface area contributed by atoms with Crippen molar-refractivity contribution in [3.05, 3.63) is 0 Å². The van der Waals surface area contributed by atoms with Gasteiger partial charge in [-0.05, 0) is 25.7 Å². The first kappa shape index (κ1) is 14.8. The van der Waals surface area contributed by atoms with Gasteiger partial charge in [-0.3, -0.25) is 9.69 Å². The van der Waals surface area contributed by atoms with Crippen LogP contribution in [0.5, 0.6) is 0 Å². The molecule has 0 aromatic heterocycles. The van der Waals surface area contributed by atoms with E-state index in [4.69, 9.17) is 5.11 Å². The third kappa shape index (κ3) is 5.30. The lowest BCUT2D eigenvalue weighted by atomic mass is 10.0. The minimum absolute atomic E-state index is 0.230. The van der Waals surface area contributed by atoms with E-state index in [1.54, 1.807) is 0 Å². The van der Waals surface area contributed by atoms with Gasteiger partial charge in [0.1, 0.15) is 0 Å². The summed E-state index contributed by atoms with van der Waals surface area (Å²) in [6.45, 7) is 7.77. The van der Waals surface area contributed by atoms with Gasteiger partial charge in [-0.25, -0.2) is 0 Å². The minimum Gasteiger partial charge on any atom is -0.481 e. The van der Waals surface area contributed by atoms with Gasteiger partial charge >= 0.3 is 5.97 Å². The van der Waals surface area contributed by atoms with Gasteiger partial charge < -0.3 is 5.11 Å². The van der Waals surface area contributed by atoms with Crippen LogP contribution >= 0.6 is 11.8 Å². The molecule has 0 aliphatic carbocycles. The third-order valence-corrected chi connectivity index (χ3v) is 4.50. The lowest BCUT2D eigenvalue weighted by Crippen LogP contribution is -2.48. The van der Waals surface area contributed by atoms with Gasteiger partial charge in [0.2, 0.25) is 0 Å². The van der Waals surface area contributed by atoms with Crippen molar-refractivity contribution >= 4 is 17.7 Å². The Morgan fingerprint density at radius 1 is 1.41 bits per heavy atom. The quantitative estimate of drug-likeness (QED) is 0.796. The van der Waals surface area contributed by atoms with Gasteiger partial charge in [0.15, 0.2) is 0 Å². The maximum absolute atomic E-state index is 10.9. The third-order valence-electron chi connectivity index (χ3n) is 3.41. The van der Waals surface area contributed by atoms with E-state index in [0.717, 1.165) is 24.0 Å². The molecule has 1 rings (SSSR count). The first-order valence-corrected chi connectivity index (χ1v) is 7.71. The number of hydrogen-bond acceptors (Lipinski definition) is 3. The Labute approximate surface area is 109 Å². The van der Waals surface area contributed by atoms with Crippen molar-refractivity contribution in [1.82, 2.24) is 4.90 Å². The van der Waals surface area contributed by atoms with Gasteiger partial charge in [-0.15, -0.1) is 0 Å². The van der Waals surface area contributed by atoms with Gasteiger partial charge in [0.25, 0.3) is 0 Å². The molecule has 0 saturated carbocycles. The zero-order valence-corrected chi connectivity index (χ0v) is 12.0. The van der Waals surface area contributed by atoms with Crippen LogP contribution in [0.3, 0.4) is 0 Å². The lowest BCUT2D eigenvalue weighted by Gasteiger charge is -2.39. The summed E-state index contributed by atoms with van der Waals surface area (Å²) in [5, 5.41) is 8.95. The summed E-state index contributed by atoms with van der Waals surface area (Å²) < 4.78 is 0. The molecule has 1 N–H and O–H groups in total. The Hall–Kier alpha value is -0.220. The molecule has 0 bridgehead atoms. The second kappa shape index (κ2) is 7.27. The van der Waals surface area contributed by atoms with Gasteiger partial charge in [0, 0.05) is 30.1 Å². The maximum Gasteiger partial charge on any atom is 0.304 e. The van der Waals surface area contributed by atoms with Crippen LogP contribution in [0.15, 0.2) is 0 Å². The Bertz CT molecular complexity index is 246. The van der Waals surface area contributed by atoms with Gasteiger partial charge in [0.05, 0.1) is 6.42 Å². The number of aliphatic carboxylic acids is 1. The molecule has 0 spiro atoms. The summed E-state index contributed by atoms with van der Waals surface area (Å²) in [5.74, 6) is 2.17. The van der Waals surface area contributed by atoms with Crippen LogP contribution in [-0.4, -0.2) is 46.1 Å². The fourth-order valence-electron chi connectivity index (χ4n) is 2.37. The van der Waals surface area contributed by atoms with Crippen LogP contribution in [-0.2, 0) is 4.79 Å². The Morgan fingerprint density at radius 2 is 2.12 bits per heavy atom. The molecule has 1 saturated heterocycles. The molecule has 2 atom stereocenters. The SMILES string of the molecule is CC(C)CCC(C)N1CCSCC1CC(=O)O. The Morgan fingerprint density at radius 3 is 2.71 bits per heavy atom. The fourth-order valence-corrected chi connectivity index (χ4v) is 3.45. The fraction of sp³-hybridized carbons (Fsp3) is 0.923. The average molecular weight is 259 g/mol. The zero-order valence-electron chi connectivity index (χ0n) is 11.2. The van der Waals surface area contributed by atoms with E-state index < -0.39 is 5.97 Å². The van der Waals surface area contributed by atoms with E-state index in [1.807, 2.05) is 11.8 Å². The molecule has 0 aromatic rings. The monoisotopic (exact) mass is 259 g/mol. The molecule has 100 valence electrons. The van der Waals surface area contributed by atoms with Crippen LogP contribution in [0, 0.1) is 5.92 Å². The lowest BCUT2D eigenvalue weighted by molar-refractivity contribution is -0.138. The van der Waals surface area contributed by atoms with E-state index >= 15 is 0 Å². The van der Waals surface area contributed by atoms with Crippen LogP contribution in [0.4, 0.5) is 0 Å². The molecule has 1 fully saturated rings. The molecule has 4 heteroatoms. The van der Waals surface area contributed by atoms with Crippen LogP contribution < -0.4 is 0 Å². The molecule has 17 heavy (non-hydrogen) atoms. The number of carboxylic acids is 1. The summed E-state index contributed by atoms with van der Waals surface area (Å²) in [6, 6.07) is 0.746. The highest BCUT2D eigenvalue weighted by Gasteiger charge is 2.28. The number of carboxylic acid groups (broad SMARTS) is 1. The van der Waals surface area contributed by atoms with E-state index in [0.29, 0.717) is 12.5 Å². The summed E-state index contributed by atoms with van der Waals surface area (Å²) in [4.78, 5) is 13.3. The number of hydrogen-bond donors (Lipinski definition) is 1. The number of carbonyl (C=O) groups is 1. The molecule has 3 nitrogen and oxygen atoms in total. The summed E-state index contributed by atoms with van der Waals surface area (Å²) in [6.07, 6.45) is 2.70. The zero-order chi connectivity index (χ0) is 12.8. The molecule has 2 unspecified atom stereocenters. The molecule has 0 radical (unpaired) electrons. The van der Waals surface area contributed by atoms with Crippen molar-refractivity contribution in [2.75, 3.05) is 18.1 Å². The minimum atomic E-state index is -0.668. The van der Waals surface area contributed by atoms with E-state index in [1.165, 1.54) is 12.8 Å². The smallest absolute Gasteiger partial charge is 0.304 e. The van der Waals surface area contributed by atoms with Crippen molar-refractivity contribution in [3.63, 3.8) is 0 Å². The van der Waals surface area contributed by atoms with Crippen LogP contribution in [0.2, 0.25) is 0 Å². The second-order valence-electron chi connectivity index (χ2n) is 5.38. The summed E-state index contributed by atoms with van der Waals surface area (Å²) >= 11 is 1.89. The topological polar surface area (TPSA) is 40.5 Å². The summed E-state index contributed by atoms with van der Waals surface area (Å²) in [5.41, 5.74) is 0. The van der Waals surface area contributed by atoms with Crippen molar-refractivity contribution < 1.29 is 9.90 Å². The molecular weight excluding hydrogens is 234 g/mol. The predicted octanol–water partition coefficient (Wildman–Crippen LogP) is 2.70. The number of nitrogens with zero attached hydrogens (tertiary/aromatic N) is 1. The highest BCUT2D eigenvalue weighted by atomic mass is 32.2. The predicted molar refractivity (Wildman–Crippen MR) is 73.6 cm³/mol. The molecule has 1 heterocycles. The van der Waals surface area contributed by atoms with Gasteiger partial charge in [-0.1, -0.05) is 13.8 Å². The molecule has 0 amide bonds. The number of thioether (sulfide) groups is 1. The first-order chi connectivity index (χ1) is 8.00. The number of rotatable bonds is 6. The molecule has 1 aliphatic rings. The maximum atomic E-state index is 10.9. The largest absolute Gasteiger partial charge is 0.481 e. The second-order valence-corrected chi connectivity index (χ2v) is 6.53.